The first-order valence-electron chi connectivity index (χ1n) is 6.19. The van der Waals surface area contributed by atoms with E-state index in [9.17, 15) is 17.8 Å². The Balaban J connectivity index is 2.83. The van der Waals surface area contributed by atoms with E-state index >= 15 is 0 Å². The summed E-state index contributed by atoms with van der Waals surface area (Å²) in [6.45, 7) is 2.67. The fourth-order valence-electron chi connectivity index (χ4n) is 2.27. The van der Waals surface area contributed by atoms with Crippen molar-refractivity contribution in [1.82, 2.24) is 9.36 Å². The first-order chi connectivity index (χ1) is 9.59. The molecule has 2 rings (SSSR count). The summed E-state index contributed by atoms with van der Waals surface area (Å²) < 4.78 is 35.1. The number of nitrogens with two attached hydrogens (primary N) is 1. The summed E-state index contributed by atoms with van der Waals surface area (Å²) in [6.07, 6.45) is 0. The molecular weight excluding hydrogens is 294 g/mol. The standard InChI is InChI=1S/C13H17N3O4S/c1-9-11(13(2,14)21(18,19)20)12(17)16(15(9)3)10-7-5-4-6-8-10/h4-8H,14H2,1-3H3,(H,18,19,20). The third-order valence-electron chi connectivity index (χ3n) is 3.59. The van der Waals surface area contributed by atoms with Crippen LogP contribution in [-0.2, 0) is 22.0 Å². The van der Waals surface area contributed by atoms with E-state index < -0.39 is 20.5 Å². The van der Waals surface area contributed by atoms with Crippen molar-refractivity contribution in [3.63, 3.8) is 0 Å². The van der Waals surface area contributed by atoms with Crippen molar-refractivity contribution < 1.29 is 13.0 Å². The lowest BCUT2D eigenvalue weighted by Crippen LogP contribution is -2.45. The van der Waals surface area contributed by atoms with Gasteiger partial charge < -0.3 is 5.73 Å². The van der Waals surface area contributed by atoms with Crippen LogP contribution in [0.3, 0.4) is 0 Å². The Morgan fingerprint density at radius 2 is 1.76 bits per heavy atom. The highest BCUT2D eigenvalue weighted by Crippen LogP contribution is 2.24. The fraction of sp³-hybridized carbons (Fsp3) is 0.308. The van der Waals surface area contributed by atoms with Gasteiger partial charge in [0.15, 0.2) is 4.87 Å². The molecular formula is C13H17N3O4S. The quantitative estimate of drug-likeness (QED) is 0.803. The van der Waals surface area contributed by atoms with Gasteiger partial charge in [0.05, 0.1) is 11.3 Å². The predicted octanol–water partition coefficient (Wildman–Crippen LogP) is 0.504. The minimum atomic E-state index is -4.63. The largest absolute Gasteiger partial charge is 0.307 e. The summed E-state index contributed by atoms with van der Waals surface area (Å²) in [5.74, 6) is 0. The van der Waals surface area contributed by atoms with Gasteiger partial charge in [0, 0.05) is 12.7 Å². The third kappa shape index (κ3) is 2.31. The van der Waals surface area contributed by atoms with Gasteiger partial charge in [-0.05, 0) is 26.0 Å². The van der Waals surface area contributed by atoms with Crippen LogP contribution in [0.25, 0.3) is 5.69 Å². The van der Waals surface area contributed by atoms with Gasteiger partial charge >= 0.3 is 0 Å². The van der Waals surface area contributed by atoms with Crippen LogP contribution in [0.4, 0.5) is 0 Å². The highest BCUT2D eigenvalue weighted by molar-refractivity contribution is 7.86. The monoisotopic (exact) mass is 311 g/mol. The van der Waals surface area contributed by atoms with Crippen molar-refractivity contribution >= 4 is 10.1 Å². The van der Waals surface area contributed by atoms with Crippen molar-refractivity contribution in [3.05, 3.63) is 51.9 Å². The molecule has 1 heterocycles. The molecule has 2 aromatic rings. The summed E-state index contributed by atoms with van der Waals surface area (Å²) >= 11 is 0. The van der Waals surface area contributed by atoms with Crippen LogP contribution in [0, 0.1) is 6.92 Å². The number of hydrogen-bond donors (Lipinski definition) is 2. The van der Waals surface area contributed by atoms with E-state index in [4.69, 9.17) is 5.73 Å². The molecule has 0 aliphatic heterocycles. The minimum Gasteiger partial charge on any atom is -0.307 e. The lowest BCUT2D eigenvalue weighted by Gasteiger charge is -2.19. The van der Waals surface area contributed by atoms with Crippen LogP contribution < -0.4 is 11.3 Å². The van der Waals surface area contributed by atoms with E-state index in [-0.39, 0.29) is 5.56 Å². The topological polar surface area (TPSA) is 107 Å². The minimum absolute atomic E-state index is 0.156. The van der Waals surface area contributed by atoms with Gasteiger partial charge in [0.2, 0.25) is 0 Å². The van der Waals surface area contributed by atoms with Gasteiger partial charge in [-0.1, -0.05) is 18.2 Å². The zero-order valence-corrected chi connectivity index (χ0v) is 12.8. The first kappa shape index (κ1) is 15.5. The Labute approximate surface area is 122 Å². The zero-order chi connectivity index (χ0) is 16.0. The second kappa shape index (κ2) is 4.83. The molecule has 0 bridgehead atoms. The van der Waals surface area contributed by atoms with Crippen molar-refractivity contribution in [2.24, 2.45) is 12.8 Å². The number of para-hydroxylation sites is 1. The molecule has 1 aromatic heterocycles. The Bertz CT molecular complexity index is 832. The molecule has 7 nitrogen and oxygen atoms in total. The molecule has 0 saturated heterocycles. The Hall–Kier alpha value is -1.90. The molecule has 0 aliphatic rings. The van der Waals surface area contributed by atoms with Gasteiger partial charge in [0.25, 0.3) is 15.7 Å². The number of nitrogens with zero attached hydrogens (tertiary/aromatic N) is 2. The molecule has 0 aliphatic carbocycles. The van der Waals surface area contributed by atoms with Crippen molar-refractivity contribution in [3.8, 4) is 5.69 Å². The van der Waals surface area contributed by atoms with Crippen LogP contribution in [0.5, 0.6) is 0 Å². The number of rotatable bonds is 3. The molecule has 1 unspecified atom stereocenters. The lowest BCUT2D eigenvalue weighted by molar-refractivity contribution is 0.438. The Morgan fingerprint density at radius 1 is 1.24 bits per heavy atom. The normalized spacial score (nSPS) is 14.9. The van der Waals surface area contributed by atoms with Gasteiger partial charge in [-0.25, -0.2) is 4.68 Å². The highest BCUT2D eigenvalue weighted by atomic mass is 32.2. The second-order valence-corrected chi connectivity index (χ2v) is 6.82. The van der Waals surface area contributed by atoms with E-state index in [2.05, 4.69) is 0 Å². The fourth-order valence-corrected chi connectivity index (χ4v) is 2.76. The van der Waals surface area contributed by atoms with Crippen molar-refractivity contribution in [2.45, 2.75) is 18.7 Å². The van der Waals surface area contributed by atoms with E-state index in [1.54, 1.807) is 44.3 Å². The van der Waals surface area contributed by atoms with Crippen LogP contribution in [0.2, 0.25) is 0 Å². The molecule has 21 heavy (non-hydrogen) atoms. The lowest BCUT2D eigenvalue weighted by atomic mass is 10.1. The van der Waals surface area contributed by atoms with Gasteiger partial charge in [-0.3, -0.25) is 14.0 Å². The highest BCUT2D eigenvalue weighted by Gasteiger charge is 2.41. The summed E-state index contributed by atoms with van der Waals surface area (Å²) in [4.78, 5) is 10.4. The Morgan fingerprint density at radius 3 is 2.24 bits per heavy atom. The van der Waals surface area contributed by atoms with Gasteiger partial charge in [0.1, 0.15) is 0 Å². The molecule has 3 N–H and O–H groups in total. The maximum Gasteiger partial charge on any atom is 0.288 e. The molecule has 1 atom stereocenters. The third-order valence-corrected chi connectivity index (χ3v) is 4.86. The van der Waals surface area contributed by atoms with Crippen LogP contribution in [-0.4, -0.2) is 22.3 Å². The molecule has 0 fully saturated rings. The number of aromatic nitrogens is 2. The maximum atomic E-state index is 12.6. The van der Waals surface area contributed by atoms with E-state index in [1.807, 2.05) is 0 Å². The molecule has 0 spiro atoms. The molecule has 1 aromatic carbocycles. The molecule has 8 heteroatoms. The average molecular weight is 311 g/mol. The maximum absolute atomic E-state index is 12.6. The summed E-state index contributed by atoms with van der Waals surface area (Å²) in [5.41, 5.74) is 5.92. The molecule has 0 saturated carbocycles. The first-order valence-corrected chi connectivity index (χ1v) is 7.63. The van der Waals surface area contributed by atoms with E-state index in [0.29, 0.717) is 11.4 Å². The molecule has 0 radical (unpaired) electrons. The smallest absolute Gasteiger partial charge is 0.288 e. The van der Waals surface area contributed by atoms with Crippen LogP contribution >= 0.6 is 0 Å². The molecule has 0 amide bonds. The number of benzene rings is 1. The van der Waals surface area contributed by atoms with Gasteiger partial charge in [-0.2, -0.15) is 8.42 Å². The number of hydrogen-bond acceptors (Lipinski definition) is 4. The molecule has 114 valence electrons. The van der Waals surface area contributed by atoms with E-state index in [1.165, 1.54) is 9.36 Å². The average Bonchev–Trinajstić information content (AvgIpc) is 2.60. The zero-order valence-electron chi connectivity index (χ0n) is 11.9. The van der Waals surface area contributed by atoms with Crippen LogP contribution in [0.15, 0.2) is 35.1 Å². The predicted molar refractivity (Wildman–Crippen MR) is 78.8 cm³/mol. The van der Waals surface area contributed by atoms with Crippen molar-refractivity contribution in [2.75, 3.05) is 0 Å². The Kier molecular flexibility index (Phi) is 3.56. The van der Waals surface area contributed by atoms with E-state index in [0.717, 1.165) is 6.92 Å². The summed E-state index contributed by atoms with van der Waals surface area (Å²) in [5, 5.41) is 0. The van der Waals surface area contributed by atoms with Crippen LogP contribution in [0.1, 0.15) is 18.2 Å². The summed E-state index contributed by atoms with van der Waals surface area (Å²) in [6, 6.07) is 8.75. The second-order valence-electron chi connectivity index (χ2n) is 5.02. The SMILES string of the molecule is Cc1c(C(C)(N)S(=O)(=O)O)c(=O)n(-c2ccccc2)n1C. The van der Waals surface area contributed by atoms with Gasteiger partial charge in [-0.15, -0.1) is 0 Å². The van der Waals surface area contributed by atoms with Crippen molar-refractivity contribution in [1.29, 1.82) is 0 Å². The summed E-state index contributed by atoms with van der Waals surface area (Å²) in [7, 11) is -3.02.